The van der Waals surface area contributed by atoms with E-state index in [4.69, 9.17) is 4.74 Å². The lowest BCUT2D eigenvalue weighted by Gasteiger charge is -2.08. The molecule has 0 atom stereocenters. The molecule has 4 rings (SSSR count). The first kappa shape index (κ1) is 15.2. The van der Waals surface area contributed by atoms with Crippen LogP contribution < -0.4 is 4.74 Å². The number of nitrogens with one attached hydrogen (secondary N) is 1. The van der Waals surface area contributed by atoms with Crippen LogP contribution in [0.1, 0.15) is 5.56 Å². The molecule has 0 saturated heterocycles. The average Bonchev–Trinajstić information content (AvgIpc) is 3.05. The maximum absolute atomic E-state index is 9.62. The lowest BCUT2D eigenvalue weighted by atomic mass is 10.1. The highest BCUT2D eigenvalue weighted by molar-refractivity contribution is 5.92. The Kier molecular flexibility index (Phi) is 3.61. The summed E-state index contributed by atoms with van der Waals surface area (Å²) in [5, 5.41) is 18.0. The van der Waals surface area contributed by atoms with Crippen LogP contribution in [0.25, 0.3) is 33.5 Å². The summed E-state index contributed by atoms with van der Waals surface area (Å²) in [5.41, 5.74) is 5.42. The van der Waals surface area contributed by atoms with Gasteiger partial charge in [-0.3, -0.25) is 5.10 Å². The van der Waals surface area contributed by atoms with Crippen LogP contribution in [0.2, 0.25) is 0 Å². The van der Waals surface area contributed by atoms with Gasteiger partial charge in [0.15, 0.2) is 5.65 Å². The second kappa shape index (κ2) is 5.94. The molecule has 0 bridgehead atoms. The quantitative estimate of drug-likeness (QED) is 0.587. The number of rotatable bonds is 3. The van der Waals surface area contributed by atoms with E-state index in [1.165, 1.54) is 5.56 Å². The molecule has 0 aliphatic carbocycles. The second-order valence-electron chi connectivity index (χ2n) is 5.92. The molecule has 0 aliphatic heterocycles. The van der Waals surface area contributed by atoms with Gasteiger partial charge in [0, 0.05) is 22.6 Å². The fourth-order valence-corrected chi connectivity index (χ4v) is 2.88. The van der Waals surface area contributed by atoms with Gasteiger partial charge in [-0.15, -0.1) is 0 Å². The van der Waals surface area contributed by atoms with E-state index in [2.05, 4.69) is 46.4 Å². The minimum Gasteiger partial charge on any atom is -0.508 e. The van der Waals surface area contributed by atoms with Gasteiger partial charge in [0.2, 0.25) is 0 Å². The van der Waals surface area contributed by atoms with Crippen LogP contribution in [0.3, 0.4) is 0 Å². The van der Waals surface area contributed by atoms with E-state index in [0.717, 1.165) is 27.9 Å². The van der Waals surface area contributed by atoms with Gasteiger partial charge in [-0.25, -0.2) is 4.98 Å². The lowest BCUT2D eigenvalue weighted by Crippen LogP contribution is -1.90. The number of aromatic amines is 1. The predicted octanol–water partition coefficient (Wildman–Crippen LogP) is 4.31. The van der Waals surface area contributed by atoms with Crippen molar-refractivity contribution in [2.75, 3.05) is 7.11 Å². The summed E-state index contributed by atoms with van der Waals surface area (Å²) in [6.07, 6.45) is 0. The summed E-state index contributed by atoms with van der Waals surface area (Å²) >= 11 is 0. The number of hydrogen-bond donors (Lipinski definition) is 2. The maximum atomic E-state index is 9.62. The van der Waals surface area contributed by atoms with E-state index < -0.39 is 0 Å². The van der Waals surface area contributed by atoms with Gasteiger partial charge in [-0.05, 0) is 31.2 Å². The molecule has 5 heteroatoms. The fraction of sp³-hybridized carbons (Fsp3) is 0.100. The Balaban J connectivity index is 1.81. The van der Waals surface area contributed by atoms with E-state index in [0.29, 0.717) is 11.4 Å². The smallest absolute Gasteiger partial charge is 0.156 e. The third kappa shape index (κ3) is 2.70. The first-order valence-electron chi connectivity index (χ1n) is 7.95. The minimum atomic E-state index is 0.157. The highest BCUT2D eigenvalue weighted by Gasteiger charge is 2.13. The zero-order valence-corrected chi connectivity index (χ0v) is 13.9. The SMILES string of the molecule is COc1cc(O)ccc1-c1ccc2c(-c3ccc(C)cc3)n[nH]c2n1. The Morgan fingerprint density at radius 2 is 1.80 bits per heavy atom. The Morgan fingerprint density at radius 3 is 2.56 bits per heavy atom. The average molecular weight is 331 g/mol. The largest absolute Gasteiger partial charge is 0.508 e. The van der Waals surface area contributed by atoms with Crippen LogP contribution in [0, 0.1) is 6.92 Å². The van der Waals surface area contributed by atoms with Crippen molar-refractivity contribution >= 4 is 11.0 Å². The Labute approximate surface area is 144 Å². The number of nitrogens with zero attached hydrogens (tertiary/aromatic N) is 2. The minimum absolute atomic E-state index is 0.157. The maximum Gasteiger partial charge on any atom is 0.156 e. The summed E-state index contributed by atoms with van der Waals surface area (Å²) in [6.45, 7) is 2.06. The van der Waals surface area contributed by atoms with E-state index in [9.17, 15) is 5.11 Å². The van der Waals surface area contributed by atoms with Gasteiger partial charge >= 0.3 is 0 Å². The van der Waals surface area contributed by atoms with Gasteiger partial charge in [0.25, 0.3) is 0 Å². The number of aryl methyl sites for hydroxylation is 1. The topological polar surface area (TPSA) is 71.0 Å². The number of hydrogen-bond acceptors (Lipinski definition) is 4. The van der Waals surface area contributed by atoms with Crippen LogP contribution in [0.5, 0.6) is 11.5 Å². The van der Waals surface area contributed by atoms with E-state index in [1.807, 2.05) is 12.1 Å². The highest BCUT2D eigenvalue weighted by Crippen LogP contribution is 2.34. The van der Waals surface area contributed by atoms with Crippen LogP contribution in [0.4, 0.5) is 0 Å². The summed E-state index contributed by atoms with van der Waals surface area (Å²) in [4.78, 5) is 4.67. The number of fused-ring (bicyclic) bond motifs is 1. The van der Waals surface area contributed by atoms with Crippen LogP contribution in [-0.4, -0.2) is 27.4 Å². The fourth-order valence-electron chi connectivity index (χ4n) is 2.88. The second-order valence-corrected chi connectivity index (χ2v) is 5.92. The van der Waals surface area contributed by atoms with Gasteiger partial charge in [-0.2, -0.15) is 5.10 Å². The Hall–Kier alpha value is -3.34. The molecule has 5 nitrogen and oxygen atoms in total. The van der Waals surface area contributed by atoms with Crippen molar-refractivity contribution < 1.29 is 9.84 Å². The molecule has 25 heavy (non-hydrogen) atoms. The van der Waals surface area contributed by atoms with Crippen molar-refractivity contribution in [3.63, 3.8) is 0 Å². The standard InChI is InChI=1S/C20H17N3O2/c1-12-3-5-13(6-4-12)19-16-9-10-17(21-20(16)23-22-19)15-8-7-14(24)11-18(15)25-2/h3-11,24H,1-2H3,(H,21,22,23). The van der Waals surface area contributed by atoms with Crippen molar-refractivity contribution in [1.82, 2.24) is 15.2 Å². The lowest BCUT2D eigenvalue weighted by molar-refractivity contribution is 0.409. The van der Waals surface area contributed by atoms with E-state index in [-0.39, 0.29) is 5.75 Å². The molecule has 0 unspecified atom stereocenters. The molecular formula is C20H17N3O2. The summed E-state index contributed by atoms with van der Waals surface area (Å²) in [5.74, 6) is 0.731. The predicted molar refractivity (Wildman–Crippen MR) is 97.7 cm³/mol. The molecule has 0 saturated carbocycles. The Bertz CT molecular complexity index is 1050. The number of aromatic hydroxyl groups is 1. The molecule has 4 aromatic rings. The summed E-state index contributed by atoms with van der Waals surface area (Å²) in [6, 6.07) is 17.2. The normalized spacial score (nSPS) is 11.0. The van der Waals surface area contributed by atoms with Gasteiger partial charge in [-0.1, -0.05) is 29.8 Å². The van der Waals surface area contributed by atoms with Crippen molar-refractivity contribution in [3.8, 4) is 34.0 Å². The highest BCUT2D eigenvalue weighted by atomic mass is 16.5. The zero-order valence-electron chi connectivity index (χ0n) is 13.9. The number of benzene rings is 2. The molecule has 0 aliphatic rings. The number of phenolic OH excluding ortho intramolecular Hbond substituents is 1. The van der Waals surface area contributed by atoms with Crippen LogP contribution >= 0.6 is 0 Å². The zero-order chi connectivity index (χ0) is 17.4. The third-order valence-corrected chi connectivity index (χ3v) is 4.21. The molecule has 2 aromatic carbocycles. The number of aromatic nitrogens is 3. The first-order valence-corrected chi connectivity index (χ1v) is 7.95. The number of pyridine rings is 1. The molecule has 2 aromatic heterocycles. The molecule has 0 radical (unpaired) electrons. The molecule has 124 valence electrons. The summed E-state index contributed by atoms with van der Waals surface area (Å²) in [7, 11) is 1.57. The van der Waals surface area contributed by atoms with Gasteiger partial charge in [0.1, 0.15) is 17.2 Å². The van der Waals surface area contributed by atoms with Gasteiger partial charge in [0.05, 0.1) is 12.8 Å². The number of H-pyrrole nitrogens is 1. The van der Waals surface area contributed by atoms with Crippen LogP contribution in [-0.2, 0) is 0 Å². The van der Waals surface area contributed by atoms with Crippen molar-refractivity contribution in [2.45, 2.75) is 6.92 Å². The number of ether oxygens (including phenoxy) is 1. The Morgan fingerprint density at radius 1 is 1.00 bits per heavy atom. The summed E-state index contributed by atoms with van der Waals surface area (Å²) < 4.78 is 5.35. The number of methoxy groups -OCH3 is 1. The number of phenols is 1. The van der Waals surface area contributed by atoms with Gasteiger partial charge < -0.3 is 9.84 Å². The van der Waals surface area contributed by atoms with Crippen molar-refractivity contribution in [1.29, 1.82) is 0 Å². The third-order valence-electron chi connectivity index (χ3n) is 4.21. The molecule has 0 fully saturated rings. The van der Waals surface area contributed by atoms with E-state index >= 15 is 0 Å². The molecule has 2 heterocycles. The molecular weight excluding hydrogens is 314 g/mol. The first-order chi connectivity index (χ1) is 12.2. The molecule has 2 N–H and O–H groups in total. The monoisotopic (exact) mass is 331 g/mol. The molecule has 0 amide bonds. The van der Waals surface area contributed by atoms with Crippen molar-refractivity contribution in [2.24, 2.45) is 0 Å². The van der Waals surface area contributed by atoms with E-state index in [1.54, 1.807) is 25.3 Å². The van der Waals surface area contributed by atoms with Crippen molar-refractivity contribution in [3.05, 3.63) is 60.2 Å². The van der Waals surface area contributed by atoms with Crippen LogP contribution in [0.15, 0.2) is 54.6 Å². The molecule has 0 spiro atoms.